The third kappa shape index (κ3) is 3.64. The maximum absolute atomic E-state index is 12.9. The summed E-state index contributed by atoms with van der Waals surface area (Å²) in [5.74, 6) is 0.262. The molecule has 2 aromatic carbocycles. The van der Waals surface area contributed by atoms with Gasteiger partial charge in [-0.15, -0.1) is 0 Å². The van der Waals surface area contributed by atoms with Crippen LogP contribution in [-0.2, 0) is 0 Å². The van der Waals surface area contributed by atoms with E-state index in [1.807, 2.05) is 32.0 Å². The van der Waals surface area contributed by atoms with Crippen LogP contribution in [-0.4, -0.2) is 13.0 Å². The van der Waals surface area contributed by atoms with Gasteiger partial charge < -0.3 is 10.1 Å². The maximum Gasteiger partial charge on any atom is 0.251 e. The van der Waals surface area contributed by atoms with Crippen LogP contribution in [0.3, 0.4) is 0 Å². The van der Waals surface area contributed by atoms with Crippen molar-refractivity contribution in [2.45, 2.75) is 26.3 Å². The lowest BCUT2D eigenvalue weighted by Crippen LogP contribution is -2.28. The van der Waals surface area contributed by atoms with Gasteiger partial charge in [-0.05, 0) is 54.8 Å². The SMILES string of the molecule is CCC(NC(=O)c1ccc(F)cc1)c1ccc(OC)c(C)c1. The first-order valence-corrected chi connectivity index (χ1v) is 7.26. The quantitative estimate of drug-likeness (QED) is 0.905. The highest BCUT2D eigenvalue weighted by atomic mass is 19.1. The van der Waals surface area contributed by atoms with Gasteiger partial charge in [0.1, 0.15) is 11.6 Å². The first-order valence-electron chi connectivity index (χ1n) is 7.26. The predicted octanol–water partition coefficient (Wildman–Crippen LogP) is 4.02. The molecule has 1 atom stereocenters. The van der Waals surface area contributed by atoms with Crippen LogP contribution in [0.15, 0.2) is 42.5 Å². The van der Waals surface area contributed by atoms with Crippen molar-refractivity contribution < 1.29 is 13.9 Å². The molecule has 0 aliphatic carbocycles. The molecule has 0 fully saturated rings. The van der Waals surface area contributed by atoms with E-state index in [0.717, 1.165) is 23.3 Å². The van der Waals surface area contributed by atoms with Gasteiger partial charge >= 0.3 is 0 Å². The van der Waals surface area contributed by atoms with Crippen LogP contribution in [0.2, 0.25) is 0 Å². The van der Waals surface area contributed by atoms with Crippen LogP contribution in [0.25, 0.3) is 0 Å². The Hall–Kier alpha value is -2.36. The van der Waals surface area contributed by atoms with Crippen LogP contribution >= 0.6 is 0 Å². The molecule has 2 rings (SSSR count). The molecule has 1 amide bonds. The lowest BCUT2D eigenvalue weighted by atomic mass is 10.0. The topological polar surface area (TPSA) is 38.3 Å². The number of nitrogens with one attached hydrogen (secondary N) is 1. The molecule has 116 valence electrons. The minimum Gasteiger partial charge on any atom is -0.496 e. The Kier molecular flexibility index (Phi) is 5.15. The molecule has 0 heterocycles. The van der Waals surface area contributed by atoms with Crippen molar-refractivity contribution in [1.29, 1.82) is 0 Å². The van der Waals surface area contributed by atoms with E-state index in [4.69, 9.17) is 4.74 Å². The van der Waals surface area contributed by atoms with Gasteiger partial charge in [-0.3, -0.25) is 4.79 Å². The lowest BCUT2D eigenvalue weighted by molar-refractivity contribution is 0.0935. The molecule has 0 aromatic heterocycles. The van der Waals surface area contributed by atoms with Crippen LogP contribution in [0.1, 0.15) is 40.9 Å². The minimum absolute atomic E-state index is 0.0952. The third-order valence-electron chi connectivity index (χ3n) is 3.64. The van der Waals surface area contributed by atoms with E-state index in [1.165, 1.54) is 24.3 Å². The van der Waals surface area contributed by atoms with Gasteiger partial charge in [0.15, 0.2) is 0 Å². The average Bonchev–Trinajstić information content (AvgIpc) is 2.53. The summed E-state index contributed by atoms with van der Waals surface area (Å²) in [5, 5.41) is 2.98. The van der Waals surface area contributed by atoms with E-state index in [-0.39, 0.29) is 17.8 Å². The van der Waals surface area contributed by atoms with E-state index in [0.29, 0.717) is 5.56 Å². The minimum atomic E-state index is -0.352. The normalized spacial score (nSPS) is 11.8. The molecule has 0 bridgehead atoms. The molecule has 0 radical (unpaired) electrons. The van der Waals surface area contributed by atoms with Crippen molar-refractivity contribution in [3.63, 3.8) is 0 Å². The van der Waals surface area contributed by atoms with Crippen LogP contribution < -0.4 is 10.1 Å². The first kappa shape index (κ1) is 16.0. The fourth-order valence-corrected chi connectivity index (χ4v) is 2.38. The van der Waals surface area contributed by atoms with E-state index >= 15 is 0 Å². The largest absolute Gasteiger partial charge is 0.496 e. The van der Waals surface area contributed by atoms with Crippen LogP contribution in [0.5, 0.6) is 5.75 Å². The van der Waals surface area contributed by atoms with Crippen molar-refractivity contribution >= 4 is 5.91 Å². The van der Waals surface area contributed by atoms with Gasteiger partial charge in [0.25, 0.3) is 5.91 Å². The second-order valence-electron chi connectivity index (χ2n) is 5.17. The summed E-state index contributed by atoms with van der Waals surface area (Å²) in [6, 6.07) is 11.3. The number of ether oxygens (including phenoxy) is 1. The van der Waals surface area contributed by atoms with Crippen molar-refractivity contribution in [1.82, 2.24) is 5.32 Å². The highest BCUT2D eigenvalue weighted by Crippen LogP contribution is 2.24. The molecule has 3 nitrogen and oxygen atoms in total. The summed E-state index contributed by atoms with van der Waals surface area (Å²) in [6.45, 7) is 3.98. The van der Waals surface area contributed by atoms with Crippen molar-refractivity contribution in [2.24, 2.45) is 0 Å². The summed E-state index contributed by atoms with van der Waals surface area (Å²) < 4.78 is 18.2. The Morgan fingerprint density at radius 1 is 1.23 bits per heavy atom. The van der Waals surface area contributed by atoms with Crippen molar-refractivity contribution in [2.75, 3.05) is 7.11 Å². The summed E-state index contributed by atoms with van der Waals surface area (Å²) in [4.78, 5) is 12.2. The number of aryl methyl sites for hydroxylation is 1. The summed E-state index contributed by atoms with van der Waals surface area (Å²) in [5.41, 5.74) is 2.50. The number of benzene rings is 2. The zero-order valence-corrected chi connectivity index (χ0v) is 13.0. The Bertz CT molecular complexity index is 653. The number of rotatable bonds is 5. The average molecular weight is 301 g/mol. The smallest absolute Gasteiger partial charge is 0.251 e. The number of amides is 1. The van der Waals surface area contributed by atoms with Gasteiger partial charge in [0.2, 0.25) is 0 Å². The van der Waals surface area contributed by atoms with Gasteiger partial charge in [0.05, 0.1) is 13.2 Å². The molecule has 4 heteroatoms. The fourth-order valence-electron chi connectivity index (χ4n) is 2.38. The number of hydrogen-bond donors (Lipinski definition) is 1. The number of halogens is 1. The molecule has 0 saturated carbocycles. The summed E-state index contributed by atoms with van der Waals surface area (Å²) in [6.07, 6.45) is 0.763. The molecule has 0 saturated heterocycles. The highest BCUT2D eigenvalue weighted by Gasteiger charge is 2.15. The number of carbonyl (C=O) groups excluding carboxylic acids is 1. The second-order valence-corrected chi connectivity index (χ2v) is 5.17. The molecule has 0 aliphatic heterocycles. The molecule has 0 spiro atoms. The number of hydrogen-bond acceptors (Lipinski definition) is 2. The summed E-state index contributed by atoms with van der Waals surface area (Å²) in [7, 11) is 1.63. The van der Waals surface area contributed by atoms with Crippen molar-refractivity contribution in [3.8, 4) is 5.75 Å². The number of methoxy groups -OCH3 is 1. The second kappa shape index (κ2) is 7.07. The fraction of sp³-hybridized carbons (Fsp3) is 0.278. The Balaban J connectivity index is 2.16. The molecule has 22 heavy (non-hydrogen) atoms. The Morgan fingerprint density at radius 3 is 2.45 bits per heavy atom. The van der Waals surface area contributed by atoms with Crippen LogP contribution in [0, 0.1) is 12.7 Å². The predicted molar refractivity (Wildman–Crippen MR) is 84.6 cm³/mol. The van der Waals surface area contributed by atoms with E-state index in [1.54, 1.807) is 7.11 Å². The number of carbonyl (C=O) groups is 1. The van der Waals surface area contributed by atoms with Crippen LogP contribution in [0.4, 0.5) is 4.39 Å². The zero-order chi connectivity index (χ0) is 16.1. The zero-order valence-electron chi connectivity index (χ0n) is 13.0. The van der Waals surface area contributed by atoms with E-state index in [2.05, 4.69) is 5.32 Å². The molecule has 1 N–H and O–H groups in total. The maximum atomic E-state index is 12.9. The van der Waals surface area contributed by atoms with Gasteiger partial charge in [-0.2, -0.15) is 0 Å². The Labute approximate surface area is 130 Å². The van der Waals surface area contributed by atoms with Gasteiger partial charge in [0, 0.05) is 5.56 Å². The molecular formula is C18H20FNO2. The Morgan fingerprint density at radius 2 is 1.91 bits per heavy atom. The molecule has 1 unspecified atom stereocenters. The van der Waals surface area contributed by atoms with E-state index in [9.17, 15) is 9.18 Å². The summed E-state index contributed by atoms with van der Waals surface area (Å²) >= 11 is 0. The molecule has 0 aliphatic rings. The van der Waals surface area contributed by atoms with Gasteiger partial charge in [-0.1, -0.05) is 19.1 Å². The highest BCUT2D eigenvalue weighted by molar-refractivity contribution is 5.94. The van der Waals surface area contributed by atoms with E-state index < -0.39 is 0 Å². The molecule has 2 aromatic rings. The monoisotopic (exact) mass is 301 g/mol. The standard InChI is InChI=1S/C18H20FNO2/c1-4-16(14-7-10-17(22-3)12(2)11-14)20-18(21)13-5-8-15(19)9-6-13/h5-11,16H,4H2,1-3H3,(H,20,21). The molecular weight excluding hydrogens is 281 g/mol. The third-order valence-corrected chi connectivity index (χ3v) is 3.64. The van der Waals surface area contributed by atoms with Gasteiger partial charge in [-0.25, -0.2) is 4.39 Å². The van der Waals surface area contributed by atoms with Crippen molar-refractivity contribution in [3.05, 3.63) is 65.0 Å². The lowest BCUT2D eigenvalue weighted by Gasteiger charge is -2.19. The first-order chi connectivity index (χ1) is 10.5.